The number of nitrogens with zero attached hydrogens (tertiary/aromatic N) is 1. The first-order chi connectivity index (χ1) is 7.59. The number of aliphatic hydroxyl groups is 1. The zero-order valence-electron chi connectivity index (χ0n) is 8.90. The van der Waals surface area contributed by atoms with E-state index in [4.69, 9.17) is 4.52 Å². The van der Waals surface area contributed by atoms with Crippen molar-refractivity contribution in [2.45, 2.75) is 25.4 Å². The number of hydrogen-bond donors (Lipinski definition) is 1. The maximum absolute atomic E-state index is 10.4. The lowest BCUT2D eigenvalue weighted by atomic mass is 9.94. The smallest absolute Gasteiger partial charge is 0.168 e. The van der Waals surface area contributed by atoms with Crippen molar-refractivity contribution in [3.05, 3.63) is 28.4 Å². The molecule has 2 aromatic rings. The van der Waals surface area contributed by atoms with E-state index < -0.39 is 5.60 Å². The van der Waals surface area contributed by atoms with Crippen molar-refractivity contribution in [2.75, 3.05) is 0 Å². The van der Waals surface area contributed by atoms with E-state index in [9.17, 15) is 5.11 Å². The van der Waals surface area contributed by atoms with Crippen LogP contribution in [0.3, 0.4) is 0 Å². The Morgan fingerprint density at radius 1 is 1.50 bits per heavy atom. The van der Waals surface area contributed by atoms with Gasteiger partial charge in [0.2, 0.25) is 0 Å². The molecule has 0 aliphatic heterocycles. The van der Waals surface area contributed by atoms with Crippen LogP contribution in [0.25, 0.3) is 11.0 Å². The van der Waals surface area contributed by atoms with E-state index in [-0.39, 0.29) is 0 Å². The third kappa shape index (κ3) is 1.48. The van der Waals surface area contributed by atoms with Crippen LogP contribution in [0.2, 0.25) is 0 Å². The highest BCUT2D eigenvalue weighted by molar-refractivity contribution is 9.10. The number of benzene rings is 1. The Morgan fingerprint density at radius 3 is 2.94 bits per heavy atom. The zero-order valence-corrected chi connectivity index (χ0v) is 10.5. The first-order valence-electron chi connectivity index (χ1n) is 5.37. The Balaban J connectivity index is 2.17. The molecule has 0 bridgehead atoms. The summed E-state index contributed by atoms with van der Waals surface area (Å²) in [6.45, 7) is 1.82. The normalized spacial score (nSPS) is 19.9. The molecular weight excluding hydrogens is 270 g/mol. The Labute approximate surface area is 102 Å². The van der Waals surface area contributed by atoms with Crippen LogP contribution >= 0.6 is 15.9 Å². The Morgan fingerprint density at radius 2 is 2.25 bits per heavy atom. The van der Waals surface area contributed by atoms with E-state index in [1.165, 1.54) is 0 Å². The summed E-state index contributed by atoms with van der Waals surface area (Å²) in [7, 11) is 0. The fourth-order valence-electron chi connectivity index (χ4n) is 2.12. The second-order valence-electron chi connectivity index (χ2n) is 4.59. The SMILES string of the molecule is CC(O)(c1noc2cc(Br)ccc12)C1CC1. The number of fused-ring (bicyclic) bond motifs is 1. The number of rotatable bonds is 2. The van der Waals surface area contributed by atoms with Gasteiger partial charge in [-0.25, -0.2) is 0 Å². The van der Waals surface area contributed by atoms with Crippen molar-refractivity contribution in [3.8, 4) is 0 Å². The molecule has 0 radical (unpaired) electrons. The molecule has 1 unspecified atom stereocenters. The molecule has 3 rings (SSSR count). The molecule has 84 valence electrons. The molecule has 1 heterocycles. The van der Waals surface area contributed by atoms with Crippen molar-refractivity contribution < 1.29 is 9.63 Å². The van der Waals surface area contributed by atoms with Gasteiger partial charge in [-0.1, -0.05) is 21.1 Å². The Kier molecular flexibility index (Phi) is 2.13. The standard InChI is InChI=1S/C12H12BrNO2/c1-12(15,7-2-3-7)11-9-5-4-8(13)6-10(9)16-14-11/h4-7,15H,2-3H2,1H3. The summed E-state index contributed by atoms with van der Waals surface area (Å²) in [4.78, 5) is 0. The lowest BCUT2D eigenvalue weighted by Crippen LogP contribution is -2.24. The van der Waals surface area contributed by atoms with Gasteiger partial charge in [-0.05, 0) is 43.9 Å². The van der Waals surface area contributed by atoms with Crippen LogP contribution in [0.5, 0.6) is 0 Å². The van der Waals surface area contributed by atoms with E-state index in [1.807, 2.05) is 25.1 Å². The molecule has 1 saturated carbocycles. The summed E-state index contributed by atoms with van der Waals surface area (Å²) in [6.07, 6.45) is 2.13. The van der Waals surface area contributed by atoms with Crippen LogP contribution in [0.1, 0.15) is 25.5 Å². The molecule has 1 atom stereocenters. The van der Waals surface area contributed by atoms with Crippen molar-refractivity contribution in [1.82, 2.24) is 5.16 Å². The van der Waals surface area contributed by atoms with Gasteiger partial charge >= 0.3 is 0 Å². The molecule has 1 aromatic carbocycles. The zero-order chi connectivity index (χ0) is 11.3. The molecule has 1 fully saturated rings. The van der Waals surface area contributed by atoms with Crippen molar-refractivity contribution >= 4 is 26.9 Å². The fourth-order valence-corrected chi connectivity index (χ4v) is 2.46. The van der Waals surface area contributed by atoms with Gasteiger partial charge in [0.15, 0.2) is 5.58 Å². The monoisotopic (exact) mass is 281 g/mol. The number of aromatic nitrogens is 1. The predicted octanol–water partition coefficient (Wildman–Crippen LogP) is 3.21. The highest BCUT2D eigenvalue weighted by Crippen LogP contribution is 2.46. The summed E-state index contributed by atoms with van der Waals surface area (Å²) in [5, 5.41) is 15.4. The molecule has 4 heteroatoms. The summed E-state index contributed by atoms with van der Waals surface area (Å²) in [5.41, 5.74) is 0.516. The summed E-state index contributed by atoms with van der Waals surface area (Å²) in [6, 6.07) is 5.74. The van der Waals surface area contributed by atoms with E-state index in [2.05, 4.69) is 21.1 Å². The highest BCUT2D eigenvalue weighted by atomic mass is 79.9. The third-order valence-corrected chi connectivity index (χ3v) is 3.78. The van der Waals surface area contributed by atoms with Gasteiger partial charge in [-0.15, -0.1) is 0 Å². The minimum atomic E-state index is -0.862. The molecule has 1 aliphatic carbocycles. The van der Waals surface area contributed by atoms with Gasteiger partial charge in [0.05, 0.1) is 0 Å². The molecule has 1 aliphatic rings. The lowest BCUT2D eigenvalue weighted by Gasteiger charge is -2.19. The van der Waals surface area contributed by atoms with Crippen LogP contribution in [-0.4, -0.2) is 10.3 Å². The fraction of sp³-hybridized carbons (Fsp3) is 0.417. The number of halogens is 1. The van der Waals surface area contributed by atoms with Gasteiger partial charge < -0.3 is 9.63 Å². The Hall–Kier alpha value is -0.870. The first kappa shape index (κ1) is 10.3. The van der Waals surface area contributed by atoms with Gasteiger partial charge in [-0.3, -0.25) is 0 Å². The minimum Gasteiger partial charge on any atom is -0.383 e. The van der Waals surface area contributed by atoms with Crippen molar-refractivity contribution in [2.24, 2.45) is 5.92 Å². The summed E-state index contributed by atoms with van der Waals surface area (Å²) < 4.78 is 6.21. The van der Waals surface area contributed by atoms with Crippen LogP contribution in [0.15, 0.2) is 27.2 Å². The first-order valence-corrected chi connectivity index (χ1v) is 6.16. The van der Waals surface area contributed by atoms with Gasteiger partial charge in [0.1, 0.15) is 11.3 Å². The van der Waals surface area contributed by atoms with Crippen molar-refractivity contribution in [1.29, 1.82) is 0 Å². The minimum absolute atomic E-state index is 0.324. The van der Waals surface area contributed by atoms with E-state index >= 15 is 0 Å². The molecule has 1 N–H and O–H groups in total. The Bertz CT molecular complexity index is 543. The van der Waals surface area contributed by atoms with Gasteiger partial charge in [0, 0.05) is 9.86 Å². The van der Waals surface area contributed by atoms with Gasteiger partial charge in [-0.2, -0.15) is 0 Å². The number of hydrogen-bond acceptors (Lipinski definition) is 3. The largest absolute Gasteiger partial charge is 0.383 e. The molecule has 0 spiro atoms. The summed E-state index contributed by atoms with van der Waals surface area (Å²) in [5.74, 6) is 0.324. The quantitative estimate of drug-likeness (QED) is 0.920. The van der Waals surface area contributed by atoms with Crippen LogP contribution in [0, 0.1) is 5.92 Å². The van der Waals surface area contributed by atoms with Crippen LogP contribution < -0.4 is 0 Å². The highest BCUT2D eigenvalue weighted by Gasteiger charge is 2.44. The van der Waals surface area contributed by atoms with Gasteiger partial charge in [0.25, 0.3) is 0 Å². The second-order valence-corrected chi connectivity index (χ2v) is 5.51. The van der Waals surface area contributed by atoms with Crippen LogP contribution in [-0.2, 0) is 5.60 Å². The molecule has 3 nitrogen and oxygen atoms in total. The maximum atomic E-state index is 10.4. The average molecular weight is 282 g/mol. The topological polar surface area (TPSA) is 46.3 Å². The lowest BCUT2D eigenvalue weighted by molar-refractivity contribution is 0.0270. The molecular formula is C12H12BrNO2. The summed E-state index contributed by atoms with van der Waals surface area (Å²) >= 11 is 3.38. The predicted molar refractivity (Wildman–Crippen MR) is 64.0 cm³/mol. The maximum Gasteiger partial charge on any atom is 0.168 e. The average Bonchev–Trinajstić information content (AvgIpc) is 2.99. The molecule has 0 amide bonds. The van der Waals surface area contributed by atoms with E-state index in [0.717, 1.165) is 22.7 Å². The molecule has 16 heavy (non-hydrogen) atoms. The molecule has 0 saturated heterocycles. The molecule has 1 aromatic heterocycles. The van der Waals surface area contributed by atoms with E-state index in [1.54, 1.807) is 0 Å². The van der Waals surface area contributed by atoms with Crippen molar-refractivity contribution in [3.63, 3.8) is 0 Å². The third-order valence-electron chi connectivity index (χ3n) is 3.29. The van der Waals surface area contributed by atoms with Crippen LogP contribution in [0.4, 0.5) is 0 Å². The second kappa shape index (κ2) is 3.31. The van der Waals surface area contributed by atoms with E-state index in [0.29, 0.717) is 17.2 Å².